The average Bonchev–Trinajstić information content (AvgIpc) is 2.18. The molecule has 0 aliphatic rings. The molecule has 0 fully saturated rings. The van der Waals surface area contributed by atoms with Crippen LogP contribution in [0.5, 0.6) is 0 Å². The van der Waals surface area contributed by atoms with Crippen molar-refractivity contribution in [3.05, 3.63) is 42.5 Å². The van der Waals surface area contributed by atoms with Gasteiger partial charge in [-0.15, -0.1) is 6.58 Å². The largest absolute Gasteiger partial charge is 0.298 e. The van der Waals surface area contributed by atoms with Gasteiger partial charge in [0.25, 0.3) is 0 Å². The zero-order valence-corrected chi connectivity index (χ0v) is 8.33. The van der Waals surface area contributed by atoms with Gasteiger partial charge in [0.05, 0.1) is 10.6 Å². The number of aldehydes is 1. The Hall–Kier alpha value is -1.42. The van der Waals surface area contributed by atoms with Crippen molar-refractivity contribution in [1.29, 1.82) is 0 Å². The summed E-state index contributed by atoms with van der Waals surface area (Å²) >= 11 is 0. The van der Waals surface area contributed by atoms with Crippen LogP contribution >= 0.6 is 0 Å². The van der Waals surface area contributed by atoms with Crippen LogP contribution < -0.4 is 0 Å². The SMILES string of the molecule is C=CCS(=O)(=O)c1ccc(C=O)cc1. The number of rotatable bonds is 4. The van der Waals surface area contributed by atoms with Gasteiger partial charge < -0.3 is 0 Å². The first-order valence-corrected chi connectivity index (χ1v) is 5.64. The van der Waals surface area contributed by atoms with E-state index >= 15 is 0 Å². The van der Waals surface area contributed by atoms with Crippen molar-refractivity contribution in [2.24, 2.45) is 0 Å². The lowest BCUT2D eigenvalue weighted by Crippen LogP contribution is -2.04. The number of carbonyl (C=O) groups excluding carboxylic acids is 1. The summed E-state index contributed by atoms with van der Waals surface area (Å²) in [5.74, 6) is -0.0898. The van der Waals surface area contributed by atoms with E-state index in [1.165, 1.54) is 30.3 Å². The molecule has 0 spiro atoms. The third-order valence-electron chi connectivity index (χ3n) is 1.71. The van der Waals surface area contributed by atoms with E-state index in [9.17, 15) is 13.2 Å². The van der Waals surface area contributed by atoms with E-state index in [2.05, 4.69) is 6.58 Å². The predicted molar refractivity (Wildman–Crippen MR) is 54.1 cm³/mol. The summed E-state index contributed by atoms with van der Waals surface area (Å²) < 4.78 is 22.9. The quantitative estimate of drug-likeness (QED) is 0.558. The van der Waals surface area contributed by atoms with Crippen LogP contribution in [0.2, 0.25) is 0 Å². The maximum absolute atomic E-state index is 11.5. The minimum absolute atomic E-state index is 0.0898. The highest BCUT2D eigenvalue weighted by Gasteiger charge is 2.11. The second-order valence-electron chi connectivity index (χ2n) is 2.76. The van der Waals surface area contributed by atoms with Crippen LogP contribution in [0, 0.1) is 0 Å². The van der Waals surface area contributed by atoms with E-state index in [1.54, 1.807) is 0 Å². The third kappa shape index (κ3) is 2.29. The fourth-order valence-electron chi connectivity index (χ4n) is 1.01. The molecule has 0 amide bonds. The Bertz CT molecular complexity index is 429. The summed E-state index contributed by atoms with van der Waals surface area (Å²) in [6.07, 6.45) is 2.01. The molecular weight excluding hydrogens is 200 g/mol. The van der Waals surface area contributed by atoms with Gasteiger partial charge in [-0.1, -0.05) is 18.2 Å². The number of hydrogen-bond donors (Lipinski definition) is 0. The maximum Gasteiger partial charge on any atom is 0.181 e. The van der Waals surface area contributed by atoms with Crippen molar-refractivity contribution in [2.75, 3.05) is 5.75 Å². The van der Waals surface area contributed by atoms with E-state index in [0.717, 1.165) is 0 Å². The third-order valence-corrected chi connectivity index (χ3v) is 3.38. The minimum atomic E-state index is -3.27. The Morgan fingerprint density at radius 1 is 1.21 bits per heavy atom. The van der Waals surface area contributed by atoms with Crippen molar-refractivity contribution in [3.63, 3.8) is 0 Å². The zero-order valence-electron chi connectivity index (χ0n) is 7.51. The molecular formula is C10H10O3S. The van der Waals surface area contributed by atoms with Gasteiger partial charge >= 0.3 is 0 Å². The summed E-state index contributed by atoms with van der Waals surface area (Å²) in [7, 11) is -3.27. The molecule has 0 N–H and O–H groups in total. The molecule has 0 aliphatic carbocycles. The second-order valence-corrected chi connectivity index (χ2v) is 4.79. The van der Waals surface area contributed by atoms with Gasteiger partial charge in [-0.25, -0.2) is 8.42 Å². The van der Waals surface area contributed by atoms with Crippen LogP contribution in [0.4, 0.5) is 0 Å². The summed E-state index contributed by atoms with van der Waals surface area (Å²) in [6.45, 7) is 3.37. The Balaban J connectivity index is 3.09. The Morgan fingerprint density at radius 3 is 2.21 bits per heavy atom. The van der Waals surface area contributed by atoms with E-state index in [-0.39, 0.29) is 10.6 Å². The summed E-state index contributed by atoms with van der Waals surface area (Å²) in [6, 6.07) is 5.79. The fourth-order valence-corrected chi connectivity index (χ4v) is 2.06. The number of sulfone groups is 1. The van der Waals surface area contributed by atoms with Crippen LogP contribution in [0.1, 0.15) is 10.4 Å². The highest BCUT2D eigenvalue weighted by atomic mass is 32.2. The first kappa shape index (κ1) is 10.7. The van der Waals surface area contributed by atoms with Gasteiger partial charge in [-0.2, -0.15) is 0 Å². The highest BCUT2D eigenvalue weighted by Crippen LogP contribution is 2.11. The van der Waals surface area contributed by atoms with Crippen LogP contribution in [0.25, 0.3) is 0 Å². The molecule has 74 valence electrons. The van der Waals surface area contributed by atoms with Crippen molar-refractivity contribution in [1.82, 2.24) is 0 Å². The van der Waals surface area contributed by atoms with E-state index in [1.807, 2.05) is 0 Å². The maximum atomic E-state index is 11.5. The van der Waals surface area contributed by atoms with Crippen molar-refractivity contribution < 1.29 is 13.2 Å². The van der Waals surface area contributed by atoms with Gasteiger partial charge in [0, 0.05) is 5.56 Å². The Labute approximate surface area is 83.0 Å². The molecule has 0 bridgehead atoms. The molecule has 1 rings (SSSR count). The van der Waals surface area contributed by atoms with Gasteiger partial charge in [-0.3, -0.25) is 4.79 Å². The molecule has 0 radical (unpaired) electrons. The van der Waals surface area contributed by atoms with Crippen LogP contribution in [0.15, 0.2) is 41.8 Å². The zero-order chi connectivity index (χ0) is 10.6. The molecule has 1 aromatic rings. The molecule has 0 unspecified atom stereocenters. The Kier molecular flexibility index (Phi) is 3.19. The van der Waals surface area contributed by atoms with Crippen molar-refractivity contribution >= 4 is 16.1 Å². The number of carbonyl (C=O) groups is 1. The van der Waals surface area contributed by atoms with Crippen LogP contribution in [-0.4, -0.2) is 20.5 Å². The van der Waals surface area contributed by atoms with Crippen LogP contribution in [0.3, 0.4) is 0 Å². The number of hydrogen-bond acceptors (Lipinski definition) is 3. The lowest BCUT2D eigenvalue weighted by Gasteiger charge is -2.00. The normalized spacial score (nSPS) is 10.9. The van der Waals surface area contributed by atoms with Crippen molar-refractivity contribution in [3.8, 4) is 0 Å². The summed E-state index contributed by atoms with van der Waals surface area (Å²) in [4.78, 5) is 10.5. The van der Waals surface area contributed by atoms with Gasteiger partial charge in [-0.05, 0) is 12.1 Å². The average molecular weight is 210 g/mol. The smallest absolute Gasteiger partial charge is 0.181 e. The van der Waals surface area contributed by atoms with E-state index < -0.39 is 9.84 Å². The molecule has 0 saturated heterocycles. The monoisotopic (exact) mass is 210 g/mol. The van der Waals surface area contributed by atoms with E-state index in [0.29, 0.717) is 11.8 Å². The molecule has 0 aromatic heterocycles. The van der Waals surface area contributed by atoms with Crippen LogP contribution in [-0.2, 0) is 9.84 Å². The number of benzene rings is 1. The fraction of sp³-hybridized carbons (Fsp3) is 0.100. The van der Waals surface area contributed by atoms with Gasteiger partial charge in [0.2, 0.25) is 0 Å². The molecule has 14 heavy (non-hydrogen) atoms. The molecule has 1 aromatic carbocycles. The van der Waals surface area contributed by atoms with Gasteiger partial charge in [0.1, 0.15) is 6.29 Å². The molecule has 3 nitrogen and oxygen atoms in total. The van der Waals surface area contributed by atoms with Crippen molar-refractivity contribution in [2.45, 2.75) is 4.90 Å². The molecule has 0 saturated carbocycles. The topological polar surface area (TPSA) is 51.2 Å². The Morgan fingerprint density at radius 2 is 1.79 bits per heavy atom. The lowest BCUT2D eigenvalue weighted by atomic mass is 10.2. The minimum Gasteiger partial charge on any atom is -0.298 e. The van der Waals surface area contributed by atoms with E-state index in [4.69, 9.17) is 0 Å². The second kappa shape index (κ2) is 4.19. The predicted octanol–water partition coefficient (Wildman–Crippen LogP) is 1.46. The molecule has 0 heterocycles. The summed E-state index contributed by atoms with van der Waals surface area (Å²) in [5, 5.41) is 0. The molecule has 0 aliphatic heterocycles. The molecule has 0 atom stereocenters. The highest BCUT2D eigenvalue weighted by molar-refractivity contribution is 7.91. The first-order valence-electron chi connectivity index (χ1n) is 3.99. The standard InChI is InChI=1S/C10H10O3S/c1-2-7-14(12,13)10-5-3-9(8-11)4-6-10/h2-6,8H,1,7H2. The van der Waals surface area contributed by atoms with Gasteiger partial charge in [0.15, 0.2) is 9.84 Å². The lowest BCUT2D eigenvalue weighted by molar-refractivity contribution is 0.112. The first-order chi connectivity index (χ1) is 6.60. The molecule has 4 heteroatoms. The summed E-state index contributed by atoms with van der Waals surface area (Å²) in [5.41, 5.74) is 0.461.